The van der Waals surface area contributed by atoms with Gasteiger partial charge >= 0.3 is 0 Å². The Kier molecular flexibility index (Phi) is 4.60. The summed E-state index contributed by atoms with van der Waals surface area (Å²) < 4.78 is 40.8. The van der Waals surface area contributed by atoms with Gasteiger partial charge in [-0.1, -0.05) is 0 Å². The number of aromatic nitrogens is 1. The van der Waals surface area contributed by atoms with Crippen molar-refractivity contribution in [2.45, 2.75) is 20.8 Å². The fourth-order valence-electron chi connectivity index (χ4n) is 1.60. The highest BCUT2D eigenvalue weighted by molar-refractivity contribution is 5.57. The SMILES string of the molecule is CCNc1nc(F)c(F)c(N(CC)CC)c1F. The molecule has 1 aromatic heterocycles. The zero-order chi connectivity index (χ0) is 13.0. The van der Waals surface area contributed by atoms with Crippen LogP contribution in [0.3, 0.4) is 0 Å². The van der Waals surface area contributed by atoms with Gasteiger partial charge in [0, 0.05) is 19.6 Å². The number of hydrogen-bond donors (Lipinski definition) is 1. The summed E-state index contributed by atoms with van der Waals surface area (Å²) in [6.45, 7) is 6.37. The molecule has 0 amide bonds. The van der Waals surface area contributed by atoms with E-state index in [-0.39, 0.29) is 11.5 Å². The van der Waals surface area contributed by atoms with Gasteiger partial charge in [0.2, 0.25) is 5.82 Å². The third-order valence-electron chi connectivity index (χ3n) is 2.44. The number of halogens is 3. The van der Waals surface area contributed by atoms with Crippen LogP contribution in [0.15, 0.2) is 0 Å². The van der Waals surface area contributed by atoms with E-state index >= 15 is 0 Å². The Morgan fingerprint density at radius 1 is 1.06 bits per heavy atom. The van der Waals surface area contributed by atoms with E-state index in [0.717, 1.165) is 0 Å². The highest BCUT2D eigenvalue weighted by atomic mass is 19.2. The Bertz CT molecular complexity index is 392. The molecule has 0 radical (unpaired) electrons. The van der Waals surface area contributed by atoms with Crippen molar-refractivity contribution >= 4 is 11.5 Å². The van der Waals surface area contributed by atoms with Crippen LogP contribution in [0.5, 0.6) is 0 Å². The predicted octanol–water partition coefficient (Wildman–Crippen LogP) is 2.78. The summed E-state index contributed by atoms with van der Waals surface area (Å²) >= 11 is 0. The monoisotopic (exact) mass is 247 g/mol. The minimum atomic E-state index is -1.29. The van der Waals surface area contributed by atoms with E-state index in [2.05, 4.69) is 10.3 Å². The second-order valence-electron chi connectivity index (χ2n) is 3.43. The van der Waals surface area contributed by atoms with Crippen molar-refractivity contribution in [1.82, 2.24) is 4.98 Å². The summed E-state index contributed by atoms with van der Waals surface area (Å²) in [7, 11) is 0. The molecule has 6 heteroatoms. The minimum absolute atomic E-state index is 0.256. The quantitative estimate of drug-likeness (QED) is 0.811. The number of nitrogens with zero attached hydrogens (tertiary/aromatic N) is 2. The molecule has 0 aliphatic heterocycles. The first-order chi connectivity index (χ1) is 8.06. The lowest BCUT2D eigenvalue weighted by Gasteiger charge is -2.23. The van der Waals surface area contributed by atoms with Crippen molar-refractivity contribution in [2.75, 3.05) is 29.9 Å². The number of pyridine rings is 1. The lowest BCUT2D eigenvalue weighted by molar-refractivity contribution is 0.465. The molecular formula is C11H16F3N3. The predicted molar refractivity (Wildman–Crippen MR) is 61.8 cm³/mol. The summed E-state index contributed by atoms with van der Waals surface area (Å²) in [4.78, 5) is 4.63. The van der Waals surface area contributed by atoms with Gasteiger partial charge in [0.15, 0.2) is 11.6 Å². The minimum Gasteiger partial charge on any atom is -0.368 e. The molecule has 3 nitrogen and oxygen atoms in total. The van der Waals surface area contributed by atoms with Crippen LogP contribution in [0, 0.1) is 17.6 Å². The Balaban J connectivity index is 3.35. The Morgan fingerprint density at radius 2 is 1.65 bits per heavy atom. The molecule has 0 saturated heterocycles. The van der Waals surface area contributed by atoms with E-state index in [0.29, 0.717) is 19.6 Å². The fraction of sp³-hybridized carbons (Fsp3) is 0.545. The van der Waals surface area contributed by atoms with Crippen LogP contribution >= 0.6 is 0 Å². The number of rotatable bonds is 5. The first-order valence-electron chi connectivity index (χ1n) is 5.60. The van der Waals surface area contributed by atoms with Crippen molar-refractivity contribution in [1.29, 1.82) is 0 Å². The van der Waals surface area contributed by atoms with Gasteiger partial charge in [-0.05, 0) is 20.8 Å². The maximum atomic E-state index is 14.0. The molecule has 0 atom stereocenters. The van der Waals surface area contributed by atoms with Crippen LogP contribution in [0.2, 0.25) is 0 Å². The van der Waals surface area contributed by atoms with Crippen molar-refractivity contribution in [3.05, 3.63) is 17.6 Å². The Labute approximate surface area is 98.6 Å². The first-order valence-corrected chi connectivity index (χ1v) is 5.60. The molecule has 1 rings (SSSR count). The molecule has 0 saturated carbocycles. The zero-order valence-corrected chi connectivity index (χ0v) is 10.1. The topological polar surface area (TPSA) is 28.2 Å². The number of hydrogen-bond acceptors (Lipinski definition) is 3. The van der Waals surface area contributed by atoms with E-state index in [9.17, 15) is 13.2 Å². The van der Waals surface area contributed by atoms with Crippen LogP contribution < -0.4 is 10.2 Å². The fourth-order valence-corrected chi connectivity index (χ4v) is 1.60. The lowest BCUT2D eigenvalue weighted by Crippen LogP contribution is -2.25. The maximum Gasteiger partial charge on any atom is 0.253 e. The highest BCUT2D eigenvalue weighted by Crippen LogP contribution is 2.28. The molecule has 0 spiro atoms. The summed E-state index contributed by atoms with van der Waals surface area (Å²) in [5, 5.41) is 2.57. The second-order valence-corrected chi connectivity index (χ2v) is 3.43. The third-order valence-corrected chi connectivity index (χ3v) is 2.44. The molecular weight excluding hydrogens is 231 g/mol. The standard InChI is InChI=1S/C11H16F3N3/c1-4-15-11-8(13)9(17(5-2)6-3)7(12)10(14)16-11/h4-6H2,1-3H3,(H,15,16). The molecule has 96 valence electrons. The summed E-state index contributed by atoms with van der Waals surface area (Å²) in [6.07, 6.45) is 0. The van der Waals surface area contributed by atoms with Crippen LogP contribution in [0.1, 0.15) is 20.8 Å². The number of nitrogens with one attached hydrogen (secondary N) is 1. The van der Waals surface area contributed by atoms with Crippen LogP contribution in [0.4, 0.5) is 24.7 Å². The average Bonchev–Trinajstić information content (AvgIpc) is 2.32. The van der Waals surface area contributed by atoms with Crippen molar-refractivity contribution in [3.63, 3.8) is 0 Å². The van der Waals surface area contributed by atoms with Crippen molar-refractivity contribution in [3.8, 4) is 0 Å². The van der Waals surface area contributed by atoms with E-state index < -0.39 is 17.6 Å². The zero-order valence-electron chi connectivity index (χ0n) is 10.1. The van der Waals surface area contributed by atoms with E-state index in [1.165, 1.54) is 4.90 Å². The maximum absolute atomic E-state index is 14.0. The van der Waals surface area contributed by atoms with Crippen LogP contribution in [0.25, 0.3) is 0 Å². The molecule has 0 aromatic carbocycles. The van der Waals surface area contributed by atoms with Crippen LogP contribution in [-0.2, 0) is 0 Å². The van der Waals surface area contributed by atoms with E-state index in [4.69, 9.17) is 0 Å². The Morgan fingerprint density at radius 3 is 2.12 bits per heavy atom. The van der Waals surface area contributed by atoms with Gasteiger partial charge in [-0.2, -0.15) is 13.8 Å². The van der Waals surface area contributed by atoms with Crippen LogP contribution in [-0.4, -0.2) is 24.6 Å². The largest absolute Gasteiger partial charge is 0.368 e. The van der Waals surface area contributed by atoms with Gasteiger partial charge in [-0.15, -0.1) is 0 Å². The summed E-state index contributed by atoms with van der Waals surface area (Å²) in [6, 6.07) is 0. The van der Waals surface area contributed by atoms with Gasteiger partial charge in [0.05, 0.1) is 0 Å². The highest BCUT2D eigenvalue weighted by Gasteiger charge is 2.23. The molecule has 1 heterocycles. The molecule has 0 unspecified atom stereocenters. The molecule has 0 aliphatic carbocycles. The second kappa shape index (κ2) is 5.75. The van der Waals surface area contributed by atoms with Crippen molar-refractivity contribution < 1.29 is 13.2 Å². The first kappa shape index (κ1) is 13.6. The van der Waals surface area contributed by atoms with Gasteiger partial charge in [0.1, 0.15) is 5.69 Å². The lowest BCUT2D eigenvalue weighted by atomic mass is 10.3. The van der Waals surface area contributed by atoms with Gasteiger partial charge in [-0.3, -0.25) is 0 Å². The Hall–Kier alpha value is -1.46. The third kappa shape index (κ3) is 2.62. The smallest absolute Gasteiger partial charge is 0.253 e. The van der Waals surface area contributed by atoms with Gasteiger partial charge < -0.3 is 10.2 Å². The van der Waals surface area contributed by atoms with Gasteiger partial charge in [-0.25, -0.2) is 4.39 Å². The van der Waals surface area contributed by atoms with Crippen molar-refractivity contribution in [2.24, 2.45) is 0 Å². The number of anilines is 2. The van der Waals surface area contributed by atoms with Gasteiger partial charge in [0.25, 0.3) is 5.95 Å². The summed E-state index contributed by atoms with van der Waals surface area (Å²) in [5.74, 6) is -3.64. The molecule has 0 bridgehead atoms. The van der Waals surface area contributed by atoms with E-state index in [1.807, 2.05) is 0 Å². The van der Waals surface area contributed by atoms with E-state index in [1.54, 1.807) is 20.8 Å². The summed E-state index contributed by atoms with van der Waals surface area (Å²) in [5.41, 5.74) is -0.363. The average molecular weight is 247 g/mol. The molecule has 1 aromatic rings. The molecule has 1 N–H and O–H groups in total. The molecule has 17 heavy (non-hydrogen) atoms. The molecule has 0 fully saturated rings. The molecule has 0 aliphatic rings. The normalized spacial score (nSPS) is 10.5.